The number of fused-ring (bicyclic) bond motifs is 1. The number of hydrogen-bond acceptors (Lipinski definition) is 5. The van der Waals surface area contributed by atoms with Crippen molar-refractivity contribution in [1.29, 1.82) is 0 Å². The molecule has 5 nitrogen and oxygen atoms in total. The summed E-state index contributed by atoms with van der Waals surface area (Å²) in [4.78, 5) is 29.5. The number of nitrogens with zero attached hydrogens (tertiary/aromatic N) is 1. The average molecular weight is 374 g/mol. The molecule has 0 bridgehead atoms. The number of hydrogen-bond donors (Lipinski definition) is 2. The van der Waals surface area contributed by atoms with E-state index in [2.05, 4.69) is 10.3 Å². The summed E-state index contributed by atoms with van der Waals surface area (Å²) in [5, 5.41) is 12.8. The molecule has 3 aromatic rings. The highest BCUT2D eigenvalue weighted by molar-refractivity contribution is 7.26. The van der Waals surface area contributed by atoms with E-state index in [-0.39, 0.29) is 5.91 Å². The zero-order chi connectivity index (χ0) is 18.0. The van der Waals surface area contributed by atoms with Crippen LogP contribution in [-0.4, -0.2) is 28.5 Å². The number of benzene rings is 1. The highest BCUT2D eigenvalue weighted by Crippen LogP contribution is 2.34. The zero-order valence-corrected chi connectivity index (χ0v) is 15.5. The fourth-order valence-electron chi connectivity index (χ4n) is 2.24. The van der Waals surface area contributed by atoms with E-state index in [1.807, 2.05) is 30.3 Å². The standard InChI is InChI=1S/C18H18N2O3S2/c1-18(2,17(22)23)9-10-19-15(21)13-7-8-14(24-13)16-20-11-5-3-4-6-12(11)25-16/h3-8H,9-10H2,1-2H3,(H,19,21)(H,22,23). The summed E-state index contributed by atoms with van der Waals surface area (Å²) in [6.45, 7) is 3.63. The molecule has 2 heterocycles. The van der Waals surface area contributed by atoms with Gasteiger partial charge in [-0.2, -0.15) is 0 Å². The fourth-order valence-corrected chi connectivity index (χ4v) is 4.18. The minimum Gasteiger partial charge on any atom is -0.481 e. The molecule has 1 aromatic carbocycles. The van der Waals surface area contributed by atoms with Gasteiger partial charge >= 0.3 is 5.97 Å². The first kappa shape index (κ1) is 17.6. The van der Waals surface area contributed by atoms with Gasteiger partial charge in [-0.05, 0) is 44.5 Å². The Labute approximate surface area is 153 Å². The van der Waals surface area contributed by atoms with Crippen molar-refractivity contribution in [2.75, 3.05) is 6.54 Å². The van der Waals surface area contributed by atoms with Crippen molar-refractivity contribution in [2.45, 2.75) is 20.3 Å². The van der Waals surface area contributed by atoms with Gasteiger partial charge in [0.15, 0.2) is 0 Å². The molecule has 25 heavy (non-hydrogen) atoms. The van der Waals surface area contributed by atoms with E-state index in [4.69, 9.17) is 5.11 Å². The Hall–Kier alpha value is -2.25. The van der Waals surface area contributed by atoms with Crippen LogP contribution in [0.4, 0.5) is 0 Å². The van der Waals surface area contributed by atoms with Crippen molar-refractivity contribution in [3.8, 4) is 9.88 Å². The second kappa shape index (κ2) is 6.93. The average Bonchev–Trinajstić information content (AvgIpc) is 3.21. The Bertz CT molecular complexity index is 894. The molecular formula is C18H18N2O3S2. The second-order valence-electron chi connectivity index (χ2n) is 6.35. The minimum absolute atomic E-state index is 0.182. The lowest BCUT2D eigenvalue weighted by molar-refractivity contribution is -0.147. The number of thiophene rings is 1. The molecule has 0 aliphatic heterocycles. The third kappa shape index (κ3) is 3.88. The highest BCUT2D eigenvalue weighted by Gasteiger charge is 2.26. The summed E-state index contributed by atoms with van der Waals surface area (Å²) in [7, 11) is 0. The molecule has 3 rings (SSSR count). The summed E-state index contributed by atoms with van der Waals surface area (Å²) >= 11 is 3.00. The normalized spacial score (nSPS) is 11.6. The van der Waals surface area contributed by atoms with Gasteiger partial charge in [0, 0.05) is 6.54 Å². The van der Waals surface area contributed by atoms with E-state index in [1.54, 1.807) is 31.3 Å². The molecule has 130 valence electrons. The lowest BCUT2D eigenvalue weighted by Gasteiger charge is -2.18. The van der Waals surface area contributed by atoms with Gasteiger partial charge < -0.3 is 10.4 Å². The Morgan fingerprint density at radius 2 is 1.92 bits per heavy atom. The summed E-state index contributed by atoms with van der Waals surface area (Å²) in [5.74, 6) is -1.05. The van der Waals surface area contributed by atoms with Crippen LogP contribution in [0.3, 0.4) is 0 Å². The van der Waals surface area contributed by atoms with E-state index in [9.17, 15) is 9.59 Å². The third-order valence-corrected chi connectivity index (χ3v) is 6.24. The largest absolute Gasteiger partial charge is 0.481 e. The van der Waals surface area contributed by atoms with Crippen LogP contribution in [0, 0.1) is 5.41 Å². The molecule has 0 fully saturated rings. The van der Waals surface area contributed by atoms with Crippen LogP contribution in [0.5, 0.6) is 0 Å². The molecule has 0 atom stereocenters. The Balaban J connectivity index is 1.66. The van der Waals surface area contributed by atoms with Gasteiger partial charge in [-0.1, -0.05) is 12.1 Å². The number of aliphatic carboxylic acids is 1. The van der Waals surface area contributed by atoms with E-state index >= 15 is 0 Å². The lowest BCUT2D eigenvalue weighted by atomic mass is 9.90. The van der Waals surface area contributed by atoms with Crippen molar-refractivity contribution >= 4 is 44.8 Å². The van der Waals surface area contributed by atoms with Gasteiger partial charge in [-0.15, -0.1) is 22.7 Å². The summed E-state index contributed by atoms with van der Waals surface area (Å²) < 4.78 is 1.12. The van der Waals surface area contributed by atoms with Crippen LogP contribution in [0.2, 0.25) is 0 Å². The van der Waals surface area contributed by atoms with E-state index in [0.29, 0.717) is 17.8 Å². The Morgan fingerprint density at radius 1 is 1.16 bits per heavy atom. The SMILES string of the molecule is CC(C)(CCNC(=O)c1ccc(-c2nc3ccccc3s2)s1)C(=O)O. The second-order valence-corrected chi connectivity index (χ2v) is 8.46. The van der Waals surface area contributed by atoms with Crippen molar-refractivity contribution in [3.05, 3.63) is 41.3 Å². The van der Waals surface area contributed by atoms with Crippen LogP contribution >= 0.6 is 22.7 Å². The monoisotopic (exact) mass is 374 g/mol. The number of carboxylic acids is 1. The molecule has 7 heteroatoms. The molecule has 0 radical (unpaired) electrons. The summed E-state index contributed by atoms with van der Waals surface area (Å²) in [6.07, 6.45) is 0.379. The maximum Gasteiger partial charge on any atom is 0.309 e. The quantitative estimate of drug-likeness (QED) is 0.676. The first-order chi connectivity index (χ1) is 11.9. The fraction of sp³-hybridized carbons (Fsp3) is 0.278. The Kier molecular flexibility index (Phi) is 4.87. The maximum atomic E-state index is 12.3. The molecule has 0 spiro atoms. The number of thiazole rings is 1. The van der Waals surface area contributed by atoms with Gasteiger partial charge in [-0.25, -0.2) is 4.98 Å². The predicted octanol–water partition coefficient (Wildman–Crippen LogP) is 4.26. The van der Waals surface area contributed by atoms with Crippen LogP contribution in [-0.2, 0) is 4.79 Å². The summed E-state index contributed by atoms with van der Waals surface area (Å²) in [5.41, 5.74) is 0.104. The van der Waals surface area contributed by atoms with Crippen molar-refractivity contribution in [2.24, 2.45) is 5.41 Å². The van der Waals surface area contributed by atoms with Gasteiger partial charge in [0.1, 0.15) is 5.01 Å². The molecule has 0 saturated carbocycles. The molecule has 2 aromatic heterocycles. The smallest absolute Gasteiger partial charge is 0.309 e. The van der Waals surface area contributed by atoms with Crippen LogP contribution in [0.1, 0.15) is 29.9 Å². The van der Waals surface area contributed by atoms with Gasteiger partial charge in [0.2, 0.25) is 0 Å². The van der Waals surface area contributed by atoms with Crippen LogP contribution < -0.4 is 5.32 Å². The van der Waals surface area contributed by atoms with Crippen molar-refractivity contribution in [1.82, 2.24) is 10.3 Å². The first-order valence-electron chi connectivity index (χ1n) is 7.84. The van der Waals surface area contributed by atoms with Gasteiger partial charge in [-0.3, -0.25) is 9.59 Å². The van der Waals surface area contributed by atoms with Gasteiger partial charge in [0.05, 0.1) is 25.4 Å². The van der Waals surface area contributed by atoms with Crippen molar-refractivity contribution in [3.63, 3.8) is 0 Å². The molecule has 0 aliphatic rings. The van der Waals surface area contributed by atoms with Crippen molar-refractivity contribution < 1.29 is 14.7 Å². The van der Waals surface area contributed by atoms with E-state index in [0.717, 1.165) is 20.1 Å². The zero-order valence-electron chi connectivity index (χ0n) is 13.9. The molecule has 0 saturated heterocycles. The van der Waals surface area contributed by atoms with Gasteiger partial charge in [0.25, 0.3) is 5.91 Å². The molecule has 0 aliphatic carbocycles. The number of carbonyl (C=O) groups is 2. The van der Waals surface area contributed by atoms with E-state index < -0.39 is 11.4 Å². The van der Waals surface area contributed by atoms with E-state index in [1.165, 1.54) is 11.3 Å². The highest BCUT2D eigenvalue weighted by atomic mass is 32.1. The van der Waals surface area contributed by atoms with Crippen LogP contribution in [0.15, 0.2) is 36.4 Å². The maximum absolute atomic E-state index is 12.3. The number of nitrogens with one attached hydrogen (secondary N) is 1. The predicted molar refractivity (Wildman–Crippen MR) is 101 cm³/mol. The number of aromatic nitrogens is 1. The topological polar surface area (TPSA) is 79.3 Å². The number of carbonyl (C=O) groups excluding carboxylic acids is 1. The summed E-state index contributed by atoms with van der Waals surface area (Å²) in [6, 6.07) is 11.6. The number of para-hydroxylation sites is 1. The third-order valence-electron chi connectivity index (χ3n) is 3.95. The molecular weight excluding hydrogens is 356 g/mol. The van der Waals surface area contributed by atoms with Crippen LogP contribution in [0.25, 0.3) is 20.1 Å². The number of rotatable bonds is 6. The number of amides is 1. The Morgan fingerprint density at radius 3 is 2.64 bits per heavy atom. The first-order valence-corrected chi connectivity index (χ1v) is 9.47. The number of carboxylic acid groups (broad SMARTS) is 1. The molecule has 1 amide bonds. The minimum atomic E-state index is -0.865. The lowest BCUT2D eigenvalue weighted by Crippen LogP contribution is -2.31. The molecule has 2 N–H and O–H groups in total. The molecule has 0 unspecified atom stereocenters.